The van der Waals surface area contributed by atoms with E-state index in [4.69, 9.17) is 9.47 Å². The summed E-state index contributed by atoms with van der Waals surface area (Å²) in [6, 6.07) is 2.85. The maximum absolute atomic E-state index is 12.2. The van der Waals surface area contributed by atoms with E-state index in [-0.39, 0.29) is 23.2 Å². The van der Waals surface area contributed by atoms with Gasteiger partial charge in [-0.1, -0.05) is 0 Å². The van der Waals surface area contributed by atoms with Gasteiger partial charge >= 0.3 is 11.9 Å². The average Bonchev–Trinajstić information content (AvgIpc) is 2.39. The van der Waals surface area contributed by atoms with E-state index >= 15 is 0 Å². The first-order valence-electron chi connectivity index (χ1n) is 7.29. The molecule has 0 atom stereocenters. The summed E-state index contributed by atoms with van der Waals surface area (Å²) in [5, 5.41) is 0. The lowest BCUT2D eigenvalue weighted by Crippen LogP contribution is -2.26. The van der Waals surface area contributed by atoms with E-state index in [1.54, 1.807) is 20.8 Å². The third kappa shape index (κ3) is 4.19. The quantitative estimate of drug-likeness (QED) is 0.796. The van der Waals surface area contributed by atoms with Crippen molar-refractivity contribution in [3.63, 3.8) is 0 Å². The number of carbonyl (C=O) groups is 2. The molecule has 0 N–H and O–H groups in total. The Labute approximate surface area is 129 Å². The van der Waals surface area contributed by atoms with Gasteiger partial charge in [0.25, 0.3) is 0 Å². The molecule has 0 amide bonds. The van der Waals surface area contributed by atoms with Gasteiger partial charge in [-0.25, -0.2) is 14.6 Å². The van der Waals surface area contributed by atoms with Crippen LogP contribution in [0.4, 0.5) is 0 Å². The zero-order valence-corrected chi connectivity index (χ0v) is 13.3. The van der Waals surface area contributed by atoms with Crippen molar-refractivity contribution in [1.29, 1.82) is 0 Å². The van der Waals surface area contributed by atoms with Crippen molar-refractivity contribution in [3.8, 4) is 5.88 Å². The van der Waals surface area contributed by atoms with Gasteiger partial charge in [0.1, 0.15) is 11.7 Å². The maximum atomic E-state index is 12.2. The van der Waals surface area contributed by atoms with E-state index in [0.29, 0.717) is 0 Å². The predicted octanol–water partition coefficient (Wildman–Crippen LogP) is 2.75. The minimum Gasteiger partial charge on any atom is -0.474 e. The molecule has 22 heavy (non-hydrogen) atoms. The summed E-state index contributed by atoms with van der Waals surface area (Å²) in [6.45, 7) is 5.33. The average molecular weight is 307 g/mol. The number of hydrogen-bond donors (Lipinski definition) is 0. The van der Waals surface area contributed by atoms with E-state index in [1.165, 1.54) is 19.2 Å². The fourth-order valence-corrected chi connectivity index (χ4v) is 1.89. The number of ether oxygens (including phenoxy) is 3. The molecule has 1 aromatic rings. The molecule has 2 rings (SSSR count). The van der Waals surface area contributed by atoms with Crippen LogP contribution < -0.4 is 4.74 Å². The Hall–Kier alpha value is -2.11. The van der Waals surface area contributed by atoms with Crippen LogP contribution >= 0.6 is 0 Å². The molecule has 0 radical (unpaired) electrons. The minimum absolute atomic E-state index is 0.0279. The summed E-state index contributed by atoms with van der Waals surface area (Å²) in [7, 11) is 1.26. The first-order chi connectivity index (χ1) is 10.3. The third-order valence-corrected chi connectivity index (χ3v) is 3.17. The highest BCUT2D eigenvalue weighted by atomic mass is 16.6. The van der Waals surface area contributed by atoms with Gasteiger partial charge in [-0.2, -0.15) is 0 Å². The van der Waals surface area contributed by atoms with E-state index in [0.717, 1.165) is 19.3 Å². The van der Waals surface area contributed by atoms with Gasteiger partial charge in [0.2, 0.25) is 5.88 Å². The van der Waals surface area contributed by atoms with Crippen LogP contribution in [0.25, 0.3) is 0 Å². The van der Waals surface area contributed by atoms with Crippen molar-refractivity contribution in [2.75, 3.05) is 7.11 Å². The standard InChI is InChI=1S/C16H21NO5/c1-16(2,3)22-14(18)10-8-12(15(19)20-4)17-13(9-10)21-11-6-5-7-11/h8-9,11H,5-7H2,1-4H3. The Morgan fingerprint density at radius 1 is 1.18 bits per heavy atom. The smallest absolute Gasteiger partial charge is 0.356 e. The lowest BCUT2D eigenvalue weighted by Gasteiger charge is -2.26. The molecule has 0 spiro atoms. The van der Waals surface area contributed by atoms with E-state index in [9.17, 15) is 9.59 Å². The van der Waals surface area contributed by atoms with Crippen LogP contribution in [0.5, 0.6) is 5.88 Å². The number of nitrogens with zero attached hydrogens (tertiary/aromatic N) is 1. The number of pyridine rings is 1. The van der Waals surface area contributed by atoms with E-state index < -0.39 is 17.5 Å². The molecule has 0 aromatic carbocycles. The molecule has 1 fully saturated rings. The molecule has 1 heterocycles. The highest BCUT2D eigenvalue weighted by Crippen LogP contribution is 2.25. The Kier molecular flexibility index (Phi) is 4.68. The van der Waals surface area contributed by atoms with Crippen molar-refractivity contribution in [1.82, 2.24) is 4.98 Å². The van der Waals surface area contributed by atoms with Crippen LogP contribution in [-0.2, 0) is 9.47 Å². The molecule has 0 saturated heterocycles. The zero-order valence-electron chi connectivity index (χ0n) is 13.3. The van der Waals surface area contributed by atoms with Gasteiger partial charge in [0, 0.05) is 6.07 Å². The maximum Gasteiger partial charge on any atom is 0.356 e. The lowest BCUT2D eigenvalue weighted by molar-refractivity contribution is 0.00681. The minimum atomic E-state index is -0.624. The molecular formula is C16H21NO5. The number of hydrogen-bond acceptors (Lipinski definition) is 6. The Bertz CT molecular complexity index is 572. The van der Waals surface area contributed by atoms with Crippen molar-refractivity contribution < 1.29 is 23.8 Å². The van der Waals surface area contributed by atoms with E-state index in [2.05, 4.69) is 9.72 Å². The van der Waals surface area contributed by atoms with Gasteiger partial charge in [-0.05, 0) is 46.1 Å². The second kappa shape index (κ2) is 6.34. The molecule has 0 bridgehead atoms. The van der Waals surface area contributed by atoms with Crippen LogP contribution in [0.3, 0.4) is 0 Å². The SMILES string of the molecule is COC(=O)c1cc(C(=O)OC(C)(C)C)cc(OC2CCC2)n1. The number of carbonyl (C=O) groups excluding carboxylic acids is 2. The molecule has 0 aliphatic heterocycles. The van der Waals surface area contributed by atoms with Gasteiger partial charge in [-0.15, -0.1) is 0 Å². The number of esters is 2. The first kappa shape index (κ1) is 16.3. The normalized spacial score (nSPS) is 14.9. The molecule has 120 valence electrons. The van der Waals surface area contributed by atoms with Crippen LogP contribution in [0.1, 0.15) is 60.9 Å². The van der Waals surface area contributed by atoms with Crippen molar-refractivity contribution in [3.05, 3.63) is 23.4 Å². The largest absolute Gasteiger partial charge is 0.474 e. The third-order valence-electron chi connectivity index (χ3n) is 3.17. The summed E-state index contributed by atoms with van der Waals surface area (Å²) in [4.78, 5) is 28.0. The van der Waals surface area contributed by atoms with Gasteiger partial charge < -0.3 is 14.2 Å². The van der Waals surface area contributed by atoms with Gasteiger partial charge in [0.15, 0.2) is 5.69 Å². The second-order valence-electron chi connectivity index (χ2n) is 6.24. The number of methoxy groups -OCH3 is 1. The summed E-state index contributed by atoms with van der Waals surface area (Å²) >= 11 is 0. The molecule has 0 unspecified atom stereocenters. The molecule has 1 saturated carbocycles. The lowest BCUT2D eigenvalue weighted by atomic mass is 9.96. The first-order valence-corrected chi connectivity index (χ1v) is 7.29. The summed E-state index contributed by atoms with van der Waals surface area (Å²) < 4.78 is 15.7. The van der Waals surface area contributed by atoms with Gasteiger partial charge in [-0.3, -0.25) is 0 Å². The Morgan fingerprint density at radius 3 is 2.36 bits per heavy atom. The highest BCUT2D eigenvalue weighted by molar-refractivity contribution is 5.94. The monoisotopic (exact) mass is 307 g/mol. The van der Waals surface area contributed by atoms with Crippen LogP contribution in [0.2, 0.25) is 0 Å². The van der Waals surface area contributed by atoms with E-state index in [1.807, 2.05) is 0 Å². The van der Waals surface area contributed by atoms with Crippen LogP contribution in [0, 0.1) is 0 Å². The molecular weight excluding hydrogens is 286 g/mol. The second-order valence-corrected chi connectivity index (χ2v) is 6.24. The highest BCUT2D eigenvalue weighted by Gasteiger charge is 2.24. The molecule has 1 aliphatic carbocycles. The predicted molar refractivity (Wildman–Crippen MR) is 79.0 cm³/mol. The topological polar surface area (TPSA) is 74.7 Å². The Balaban J connectivity index is 2.28. The molecule has 6 nitrogen and oxygen atoms in total. The van der Waals surface area contributed by atoms with Crippen LogP contribution in [-0.4, -0.2) is 35.7 Å². The van der Waals surface area contributed by atoms with Crippen LogP contribution in [0.15, 0.2) is 12.1 Å². The molecule has 1 aliphatic rings. The molecule has 1 aromatic heterocycles. The summed E-state index contributed by atoms with van der Waals surface area (Å²) in [5.41, 5.74) is -0.374. The Morgan fingerprint density at radius 2 is 1.86 bits per heavy atom. The fraction of sp³-hybridized carbons (Fsp3) is 0.562. The number of aromatic nitrogens is 1. The van der Waals surface area contributed by atoms with Crippen molar-refractivity contribution in [2.45, 2.75) is 51.7 Å². The van der Waals surface area contributed by atoms with Crippen molar-refractivity contribution >= 4 is 11.9 Å². The number of rotatable bonds is 4. The van der Waals surface area contributed by atoms with Crippen molar-refractivity contribution in [2.24, 2.45) is 0 Å². The fourth-order valence-electron chi connectivity index (χ4n) is 1.89. The molecule has 6 heteroatoms. The summed E-state index contributed by atoms with van der Waals surface area (Å²) in [5.74, 6) is -0.907. The van der Waals surface area contributed by atoms with Gasteiger partial charge in [0.05, 0.1) is 12.7 Å². The zero-order chi connectivity index (χ0) is 16.3. The summed E-state index contributed by atoms with van der Waals surface area (Å²) in [6.07, 6.45) is 3.10.